The highest BCUT2D eigenvalue weighted by atomic mass is 127. The normalized spacial score (nSPS) is 12.8. The van der Waals surface area contributed by atoms with Crippen LogP contribution >= 0.6 is 24.0 Å². The van der Waals surface area contributed by atoms with Crippen LogP contribution in [0, 0.1) is 11.8 Å². The van der Waals surface area contributed by atoms with Crippen molar-refractivity contribution in [2.75, 3.05) is 33.3 Å². The van der Waals surface area contributed by atoms with Crippen LogP contribution in [0.3, 0.4) is 0 Å². The molecule has 1 rings (SSSR count). The number of nitrogens with one attached hydrogen (secondary N) is 2. The minimum absolute atomic E-state index is 0. The van der Waals surface area contributed by atoms with Crippen molar-refractivity contribution in [2.24, 2.45) is 16.8 Å². The predicted molar refractivity (Wildman–Crippen MR) is 131 cm³/mol. The molecule has 0 aliphatic rings. The number of guanidine groups is 1. The molecule has 0 heterocycles. The summed E-state index contributed by atoms with van der Waals surface area (Å²) >= 11 is 0. The molecule has 0 radical (unpaired) electrons. The number of benzene rings is 1. The molecule has 0 aliphatic heterocycles. The number of aliphatic hydroxyl groups excluding tert-OH is 1. The monoisotopic (exact) mass is 504 g/mol. The summed E-state index contributed by atoms with van der Waals surface area (Å²) in [5.74, 6) is 1.94. The molecule has 162 valence electrons. The number of nitrogens with zero attached hydrogens (tertiary/aromatic N) is 2. The van der Waals surface area contributed by atoms with Gasteiger partial charge in [-0.25, -0.2) is 4.99 Å². The highest BCUT2D eigenvalue weighted by Crippen LogP contribution is 2.14. The van der Waals surface area contributed by atoms with E-state index in [0.29, 0.717) is 18.4 Å². The van der Waals surface area contributed by atoms with Gasteiger partial charge in [-0.05, 0) is 56.3 Å². The minimum Gasteiger partial charge on any atom is -0.396 e. The highest BCUT2D eigenvalue weighted by Gasteiger charge is 2.11. The highest BCUT2D eigenvalue weighted by molar-refractivity contribution is 14.0. The van der Waals surface area contributed by atoms with Crippen molar-refractivity contribution in [1.29, 1.82) is 0 Å². The van der Waals surface area contributed by atoms with E-state index < -0.39 is 0 Å². The van der Waals surface area contributed by atoms with E-state index in [1.165, 1.54) is 11.1 Å². The number of halogens is 1. The molecular formula is C22H41IN4O. The number of hydrogen-bond acceptors (Lipinski definition) is 3. The second-order valence-corrected chi connectivity index (χ2v) is 7.73. The van der Waals surface area contributed by atoms with Gasteiger partial charge >= 0.3 is 0 Å². The predicted octanol–water partition coefficient (Wildman–Crippen LogP) is 3.86. The van der Waals surface area contributed by atoms with Crippen molar-refractivity contribution in [3.05, 3.63) is 35.4 Å². The van der Waals surface area contributed by atoms with Crippen LogP contribution < -0.4 is 10.6 Å². The van der Waals surface area contributed by atoms with Crippen molar-refractivity contribution >= 4 is 29.9 Å². The Morgan fingerprint density at radius 2 is 1.89 bits per heavy atom. The minimum atomic E-state index is 0. The molecule has 1 unspecified atom stereocenters. The van der Waals surface area contributed by atoms with Gasteiger partial charge < -0.3 is 20.6 Å². The molecule has 0 saturated heterocycles. The molecule has 28 heavy (non-hydrogen) atoms. The Morgan fingerprint density at radius 1 is 1.18 bits per heavy atom. The Bertz CT molecular complexity index is 551. The Labute approximate surface area is 189 Å². The van der Waals surface area contributed by atoms with Crippen LogP contribution in [0.5, 0.6) is 0 Å². The van der Waals surface area contributed by atoms with E-state index in [2.05, 4.69) is 74.5 Å². The second-order valence-electron chi connectivity index (χ2n) is 7.73. The molecule has 3 N–H and O–H groups in total. The van der Waals surface area contributed by atoms with Crippen LogP contribution in [0.15, 0.2) is 29.3 Å². The van der Waals surface area contributed by atoms with Gasteiger partial charge in [0.2, 0.25) is 0 Å². The quantitative estimate of drug-likeness (QED) is 0.230. The number of hydrogen-bond donors (Lipinski definition) is 3. The van der Waals surface area contributed by atoms with Gasteiger partial charge in [0.05, 0.1) is 6.54 Å². The lowest BCUT2D eigenvalue weighted by Gasteiger charge is -2.20. The molecule has 0 bridgehead atoms. The molecule has 5 nitrogen and oxygen atoms in total. The van der Waals surface area contributed by atoms with E-state index in [1.807, 2.05) is 0 Å². The van der Waals surface area contributed by atoms with Crippen LogP contribution in [0.25, 0.3) is 0 Å². The first kappa shape index (κ1) is 27.1. The molecule has 6 heteroatoms. The molecular weight excluding hydrogens is 463 g/mol. The molecule has 0 aromatic heterocycles. The topological polar surface area (TPSA) is 59.9 Å². The largest absolute Gasteiger partial charge is 0.396 e. The van der Waals surface area contributed by atoms with Crippen LogP contribution in [0.1, 0.15) is 51.7 Å². The van der Waals surface area contributed by atoms with Gasteiger partial charge in [-0.3, -0.25) is 0 Å². The Morgan fingerprint density at radius 3 is 2.50 bits per heavy atom. The molecule has 1 atom stereocenters. The Balaban J connectivity index is 0.00000729. The van der Waals surface area contributed by atoms with Crippen molar-refractivity contribution in [1.82, 2.24) is 15.5 Å². The maximum absolute atomic E-state index is 9.30. The van der Waals surface area contributed by atoms with Crippen LogP contribution in [-0.4, -0.2) is 49.3 Å². The summed E-state index contributed by atoms with van der Waals surface area (Å²) in [6.07, 6.45) is 1.94. The van der Waals surface area contributed by atoms with E-state index in [0.717, 1.165) is 45.0 Å². The zero-order valence-corrected chi connectivity index (χ0v) is 20.7. The lowest BCUT2D eigenvalue weighted by Crippen LogP contribution is -2.40. The summed E-state index contributed by atoms with van der Waals surface area (Å²) in [7, 11) is 2.14. The summed E-state index contributed by atoms with van der Waals surface area (Å²) in [4.78, 5) is 7.05. The van der Waals surface area contributed by atoms with Crippen LogP contribution in [0.4, 0.5) is 0 Å². The second kappa shape index (κ2) is 16.0. The third-order valence-electron chi connectivity index (χ3n) is 4.65. The first-order valence-corrected chi connectivity index (χ1v) is 10.4. The van der Waals surface area contributed by atoms with Crippen LogP contribution in [0.2, 0.25) is 0 Å². The first-order valence-electron chi connectivity index (χ1n) is 10.4. The standard InChI is InChI=1S/C22H40N4O.HI/c1-6-23-22(25-16-20(11-12-27)13-18(3)4)24-15-19-9-8-10-21(14-19)17-26(5)7-2;/h8-10,14,18,20,27H,6-7,11-13,15-17H2,1-5H3,(H2,23,24,25);1H. The molecule has 0 saturated carbocycles. The van der Waals surface area contributed by atoms with Crippen molar-refractivity contribution in [2.45, 2.75) is 53.6 Å². The summed E-state index contributed by atoms with van der Waals surface area (Å²) in [5, 5.41) is 16.1. The van der Waals surface area contributed by atoms with Gasteiger partial charge in [0.15, 0.2) is 5.96 Å². The fourth-order valence-corrected chi connectivity index (χ4v) is 3.16. The van der Waals surface area contributed by atoms with E-state index in [1.54, 1.807) is 0 Å². The Kier molecular flexibility index (Phi) is 15.5. The SMILES string of the molecule is CCNC(=NCc1cccc(CN(C)CC)c1)NCC(CCO)CC(C)C.I. The fourth-order valence-electron chi connectivity index (χ4n) is 3.16. The lowest BCUT2D eigenvalue weighted by molar-refractivity contribution is 0.243. The molecule has 0 amide bonds. The number of aliphatic imine (C=N–C) groups is 1. The molecule has 1 aromatic carbocycles. The van der Waals surface area contributed by atoms with Gasteiger partial charge in [0.25, 0.3) is 0 Å². The first-order chi connectivity index (χ1) is 13.0. The zero-order valence-electron chi connectivity index (χ0n) is 18.4. The summed E-state index contributed by atoms with van der Waals surface area (Å²) < 4.78 is 0. The van der Waals surface area contributed by atoms with Crippen molar-refractivity contribution in [3.8, 4) is 0 Å². The average molecular weight is 505 g/mol. The van der Waals surface area contributed by atoms with Gasteiger partial charge in [-0.1, -0.05) is 45.0 Å². The fraction of sp³-hybridized carbons (Fsp3) is 0.682. The number of aliphatic hydroxyl groups is 1. The van der Waals surface area contributed by atoms with Gasteiger partial charge in [0, 0.05) is 26.2 Å². The maximum atomic E-state index is 9.30. The summed E-state index contributed by atoms with van der Waals surface area (Å²) in [6, 6.07) is 8.67. The Hall–Kier alpha value is -0.860. The molecule has 0 aliphatic carbocycles. The van der Waals surface area contributed by atoms with E-state index in [9.17, 15) is 5.11 Å². The van der Waals surface area contributed by atoms with E-state index >= 15 is 0 Å². The summed E-state index contributed by atoms with van der Waals surface area (Å²) in [5.41, 5.74) is 2.55. The average Bonchev–Trinajstić information content (AvgIpc) is 2.63. The number of rotatable bonds is 12. The lowest BCUT2D eigenvalue weighted by atomic mass is 9.94. The van der Waals surface area contributed by atoms with Gasteiger partial charge in [-0.15, -0.1) is 24.0 Å². The maximum Gasteiger partial charge on any atom is 0.191 e. The van der Waals surface area contributed by atoms with E-state index in [-0.39, 0.29) is 30.6 Å². The molecule has 1 aromatic rings. The van der Waals surface area contributed by atoms with Crippen molar-refractivity contribution < 1.29 is 5.11 Å². The third-order valence-corrected chi connectivity index (χ3v) is 4.65. The molecule has 0 spiro atoms. The van der Waals surface area contributed by atoms with Gasteiger partial charge in [-0.2, -0.15) is 0 Å². The molecule has 0 fully saturated rings. The van der Waals surface area contributed by atoms with Gasteiger partial charge in [0.1, 0.15) is 0 Å². The summed E-state index contributed by atoms with van der Waals surface area (Å²) in [6.45, 7) is 13.3. The smallest absolute Gasteiger partial charge is 0.191 e. The van der Waals surface area contributed by atoms with Crippen LogP contribution in [-0.2, 0) is 13.1 Å². The zero-order chi connectivity index (χ0) is 20.1. The van der Waals surface area contributed by atoms with E-state index in [4.69, 9.17) is 4.99 Å². The third kappa shape index (κ3) is 11.9. The van der Waals surface area contributed by atoms with Crippen molar-refractivity contribution in [3.63, 3.8) is 0 Å².